The van der Waals surface area contributed by atoms with Crippen LogP contribution >= 0.6 is 0 Å². The van der Waals surface area contributed by atoms with E-state index < -0.39 is 0 Å². The first-order chi connectivity index (χ1) is 9.77. The zero-order valence-electron chi connectivity index (χ0n) is 13.6. The summed E-state index contributed by atoms with van der Waals surface area (Å²) in [5.41, 5.74) is 2.75. The zero-order valence-corrected chi connectivity index (χ0v) is 13.6. The molecule has 1 aliphatic heterocycles. The van der Waals surface area contributed by atoms with Crippen molar-refractivity contribution in [2.75, 3.05) is 4.90 Å². The molecule has 0 spiro atoms. The summed E-state index contributed by atoms with van der Waals surface area (Å²) in [7, 11) is 0. The first kappa shape index (κ1) is 15.8. The van der Waals surface area contributed by atoms with E-state index in [0.29, 0.717) is 6.42 Å². The van der Waals surface area contributed by atoms with E-state index in [1.165, 1.54) is 0 Å². The molecule has 1 aromatic carbocycles. The van der Waals surface area contributed by atoms with Crippen LogP contribution in [-0.2, 0) is 9.53 Å². The van der Waals surface area contributed by atoms with E-state index in [2.05, 4.69) is 27.4 Å². The second-order valence-corrected chi connectivity index (χ2v) is 6.76. The molecule has 3 nitrogen and oxygen atoms in total. The molecule has 114 valence electrons. The van der Waals surface area contributed by atoms with Gasteiger partial charge in [0, 0.05) is 17.4 Å². The predicted octanol–water partition coefficient (Wildman–Crippen LogP) is 4.45. The van der Waals surface area contributed by atoms with Crippen molar-refractivity contribution in [1.82, 2.24) is 0 Å². The Labute approximate surface area is 127 Å². The molecule has 2 rings (SSSR count). The van der Waals surface area contributed by atoms with Gasteiger partial charge < -0.3 is 4.74 Å². The van der Waals surface area contributed by atoms with Crippen LogP contribution in [0.5, 0.6) is 0 Å². The molecule has 0 radical (unpaired) electrons. The number of carbonyl (C=O) groups is 1. The average molecular weight is 287 g/mol. The second-order valence-electron chi connectivity index (χ2n) is 6.76. The van der Waals surface area contributed by atoms with Gasteiger partial charge in [0.15, 0.2) is 0 Å². The largest absolute Gasteiger partial charge is 0.345 e. The molecule has 21 heavy (non-hydrogen) atoms. The minimum Gasteiger partial charge on any atom is -0.345 e. The monoisotopic (exact) mass is 287 g/mol. The van der Waals surface area contributed by atoms with Gasteiger partial charge in [0.05, 0.1) is 5.69 Å². The maximum atomic E-state index is 12.5. The Morgan fingerprint density at radius 1 is 1.33 bits per heavy atom. The molecule has 0 saturated heterocycles. The van der Waals surface area contributed by atoms with Gasteiger partial charge in [0.1, 0.15) is 12.3 Å². The van der Waals surface area contributed by atoms with Gasteiger partial charge in [-0.05, 0) is 18.6 Å². The molecule has 1 aromatic rings. The lowest BCUT2D eigenvalue weighted by atomic mass is 9.89. The maximum absolute atomic E-state index is 12.5. The first-order valence-electron chi connectivity index (χ1n) is 7.49. The van der Waals surface area contributed by atoms with Crippen molar-refractivity contribution in [3.8, 4) is 0 Å². The van der Waals surface area contributed by atoms with Crippen LogP contribution in [0.15, 0.2) is 36.4 Å². The van der Waals surface area contributed by atoms with Gasteiger partial charge in [-0.2, -0.15) is 0 Å². The number of carbonyl (C=O) groups excluding carboxylic acids is 1. The van der Waals surface area contributed by atoms with Gasteiger partial charge in [-0.3, -0.25) is 9.69 Å². The van der Waals surface area contributed by atoms with Crippen LogP contribution in [0.4, 0.5) is 5.69 Å². The average Bonchev–Trinajstić information content (AvgIpc) is 2.43. The van der Waals surface area contributed by atoms with E-state index in [1.807, 2.05) is 43.0 Å². The molecule has 1 amide bonds. The van der Waals surface area contributed by atoms with Crippen LogP contribution in [-0.4, -0.2) is 12.1 Å². The zero-order chi connectivity index (χ0) is 15.8. The number of hydrogen-bond donors (Lipinski definition) is 0. The summed E-state index contributed by atoms with van der Waals surface area (Å²) in [5.74, 6) is 0.0857. The molecule has 0 aliphatic carbocycles. The van der Waals surface area contributed by atoms with Crippen molar-refractivity contribution in [3.63, 3.8) is 0 Å². The van der Waals surface area contributed by atoms with Crippen molar-refractivity contribution in [2.24, 2.45) is 5.41 Å². The molecule has 0 bridgehead atoms. The standard InChI is InChI=1S/C18H25NO2/c1-7-15(20)19-14-11-9-8-10-13(14)16(12(2)3)21-17(19)18(4,5)6/h8-11,16-17H,2,7H2,1,3-6H3/t16-,17+/m0/s1. The van der Waals surface area contributed by atoms with Gasteiger partial charge in [-0.15, -0.1) is 0 Å². The summed E-state index contributed by atoms with van der Waals surface area (Å²) >= 11 is 0. The quantitative estimate of drug-likeness (QED) is 0.752. The molecular formula is C18H25NO2. The number of fused-ring (bicyclic) bond motifs is 1. The molecule has 1 aliphatic rings. The fraction of sp³-hybridized carbons (Fsp3) is 0.500. The van der Waals surface area contributed by atoms with Gasteiger partial charge in [0.2, 0.25) is 5.91 Å². The smallest absolute Gasteiger partial charge is 0.228 e. The van der Waals surface area contributed by atoms with E-state index in [9.17, 15) is 4.79 Å². The highest BCUT2D eigenvalue weighted by molar-refractivity contribution is 5.95. The van der Waals surface area contributed by atoms with Crippen LogP contribution in [0.3, 0.4) is 0 Å². The molecule has 0 aromatic heterocycles. The van der Waals surface area contributed by atoms with Gasteiger partial charge in [0.25, 0.3) is 0 Å². The third kappa shape index (κ3) is 2.88. The van der Waals surface area contributed by atoms with Crippen molar-refractivity contribution < 1.29 is 9.53 Å². The molecule has 0 saturated carbocycles. The minimum absolute atomic E-state index is 0.0857. The normalized spacial score (nSPS) is 21.9. The lowest BCUT2D eigenvalue weighted by Gasteiger charge is -2.46. The van der Waals surface area contributed by atoms with E-state index in [-0.39, 0.29) is 23.7 Å². The molecule has 2 atom stereocenters. The number of hydrogen-bond acceptors (Lipinski definition) is 2. The minimum atomic E-state index is -0.290. The van der Waals surface area contributed by atoms with Crippen molar-refractivity contribution >= 4 is 11.6 Å². The highest BCUT2D eigenvalue weighted by atomic mass is 16.5. The lowest BCUT2D eigenvalue weighted by Crippen LogP contribution is -2.52. The van der Waals surface area contributed by atoms with Crippen LogP contribution in [0.25, 0.3) is 0 Å². The maximum Gasteiger partial charge on any atom is 0.228 e. The van der Waals surface area contributed by atoms with Crippen LogP contribution in [0, 0.1) is 5.41 Å². The van der Waals surface area contributed by atoms with Gasteiger partial charge in [-0.25, -0.2) is 0 Å². The highest BCUT2D eigenvalue weighted by Gasteiger charge is 2.42. The van der Waals surface area contributed by atoms with Crippen LogP contribution < -0.4 is 4.90 Å². The molecule has 1 heterocycles. The number of nitrogens with zero attached hydrogens (tertiary/aromatic N) is 1. The Balaban J connectivity index is 2.61. The Kier molecular flexibility index (Phi) is 4.24. The van der Waals surface area contributed by atoms with E-state index in [4.69, 9.17) is 4.74 Å². The molecule has 0 N–H and O–H groups in total. The van der Waals surface area contributed by atoms with Crippen LogP contribution in [0.1, 0.15) is 52.7 Å². The third-order valence-electron chi connectivity index (χ3n) is 3.74. The number of ether oxygens (including phenoxy) is 1. The Hall–Kier alpha value is -1.61. The Morgan fingerprint density at radius 3 is 2.48 bits per heavy atom. The topological polar surface area (TPSA) is 29.5 Å². The fourth-order valence-electron chi connectivity index (χ4n) is 2.73. The molecular weight excluding hydrogens is 262 g/mol. The number of rotatable bonds is 2. The Morgan fingerprint density at radius 2 is 1.95 bits per heavy atom. The van der Waals surface area contributed by atoms with E-state index in [1.54, 1.807) is 0 Å². The number of anilines is 1. The van der Waals surface area contributed by atoms with Crippen molar-refractivity contribution in [3.05, 3.63) is 42.0 Å². The second kappa shape index (κ2) is 5.64. The SMILES string of the molecule is C=C(C)[C@@H]1O[C@H](C(C)(C)C)N(C(=O)CC)c2ccccc21. The molecule has 3 heteroatoms. The summed E-state index contributed by atoms with van der Waals surface area (Å²) in [6.45, 7) is 14.2. The van der Waals surface area contributed by atoms with E-state index in [0.717, 1.165) is 16.8 Å². The van der Waals surface area contributed by atoms with Crippen LogP contribution in [0.2, 0.25) is 0 Å². The predicted molar refractivity (Wildman–Crippen MR) is 86.1 cm³/mol. The summed E-state index contributed by atoms with van der Waals surface area (Å²) in [5, 5.41) is 0. The summed E-state index contributed by atoms with van der Waals surface area (Å²) in [6.07, 6.45) is 0.00929. The Bertz CT molecular complexity index is 557. The lowest BCUT2D eigenvalue weighted by molar-refractivity contribution is -0.127. The van der Waals surface area contributed by atoms with Gasteiger partial charge >= 0.3 is 0 Å². The molecule has 0 unspecified atom stereocenters. The number of amides is 1. The van der Waals surface area contributed by atoms with E-state index >= 15 is 0 Å². The van der Waals surface area contributed by atoms with Gasteiger partial charge in [-0.1, -0.05) is 52.5 Å². The highest BCUT2D eigenvalue weighted by Crippen LogP contribution is 2.44. The van der Waals surface area contributed by atoms with Crippen molar-refractivity contribution in [2.45, 2.75) is 53.4 Å². The number of para-hydroxylation sites is 1. The number of benzene rings is 1. The van der Waals surface area contributed by atoms with Crippen molar-refractivity contribution in [1.29, 1.82) is 0 Å². The summed E-state index contributed by atoms with van der Waals surface area (Å²) < 4.78 is 6.28. The first-order valence-corrected chi connectivity index (χ1v) is 7.49. The summed E-state index contributed by atoms with van der Waals surface area (Å²) in [6, 6.07) is 7.96. The summed E-state index contributed by atoms with van der Waals surface area (Å²) in [4.78, 5) is 14.3. The third-order valence-corrected chi connectivity index (χ3v) is 3.74. The fourth-order valence-corrected chi connectivity index (χ4v) is 2.73. The molecule has 0 fully saturated rings.